The standard InChI is InChI=1S/C36H39N5O4/c1-23-7-6-10-29(37-23)33-32(25-8-4-5-9-25)28-17-14-26(21-30(28)41(33)3)34(44)39-36(19-20-40(2)22-36)35(45)38-27-15-11-24(12-16-27)13-18-31(42)43/h6-7,10-18,21,25H,4-5,8-9,19-20,22H2,1-3H3,(H,38,45)(H,39,44)(H,42,43)/b18-13+/t36-/m0/s1. The molecule has 1 aliphatic heterocycles. The topological polar surface area (TPSA) is 117 Å². The number of likely N-dealkylation sites (tertiary alicyclic amines) is 1. The summed E-state index contributed by atoms with van der Waals surface area (Å²) in [6.45, 7) is 3.05. The number of fused-ring (bicyclic) bond motifs is 1. The van der Waals surface area contributed by atoms with Crippen LogP contribution in [0.15, 0.2) is 66.7 Å². The molecule has 0 unspecified atom stereocenters. The van der Waals surface area contributed by atoms with Crippen molar-refractivity contribution < 1.29 is 19.5 Å². The maximum absolute atomic E-state index is 13.9. The Labute approximate surface area is 263 Å². The number of aliphatic carboxylic acids is 1. The van der Waals surface area contributed by atoms with Gasteiger partial charge in [-0.25, -0.2) is 4.79 Å². The molecule has 2 fully saturated rings. The van der Waals surface area contributed by atoms with Crippen molar-refractivity contribution >= 4 is 40.4 Å². The number of benzene rings is 2. The van der Waals surface area contributed by atoms with Crippen molar-refractivity contribution in [3.8, 4) is 11.4 Å². The predicted molar refractivity (Wildman–Crippen MR) is 176 cm³/mol. The van der Waals surface area contributed by atoms with Crippen LogP contribution in [0.5, 0.6) is 0 Å². The molecule has 0 bridgehead atoms. The molecule has 2 aliphatic rings. The van der Waals surface area contributed by atoms with E-state index in [0.717, 1.165) is 46.9 Å². The van der Waals surface area contributed by atoms with Gasteiger partial charge >= 0.3 is 5.97 Å². The highest BCUT2D eigenvalue weighted by Crippen LogP contribution is 2.44. The molecular formula is C36H39N5O4. The van der Waals surface area contributed by atoms with Crippen LogP contribution < -0.4 is 10.6 Å². The fourth-order valence-corrected chi connectivity index (χ4v) is 6.95. The lowest BCUT2D eigenvalue weighted by molar-refractivity contribution is -0.131. The van der Waals surface area contributed by atoms with Crippen molar-refractivity contribution in [3.63, 3.8) is 0 Å². The summed E-state index contributed by atoms with van der Waals surface area (Å²) in [7, 11) is 3.98. The SMILES string of the molecule is Cc1cccc(-c2c(C3CCCC3)c3ccc(C(=O)N[C@@]4(C(=O)Nc5ccc(/C=C/C(=O)O)cc5)CCN(C)C4)cc3n2C)n1. The van der Waals surface area contributed by atoms with E-state index in [-0.39, 0.29) is 11.8 Å². The Morgan fingerprint density at radius 3 is 2.44 bits per heavy atom. The fraction of sp³-hybridized carbons (Fsp3) is 0.333. The predicted octanol–water partition coefficient (Wildman–Crippen LogP) is 5.75. The molecule has 1 atom stereocenters. The number of nitrogens with zero attached hydrogens (tertiary/aromatic N) is 3. The normalized spacial score (nSPS) is 19.0. The monoisotopic (exact) mass is 605 g/mol. The summed E-state index contributed by atoms with van der Waals surface area (Å²) in [5, 5.41) is 16.1. The molecule has 9 nitrogen and oxygen atoms in total. The molecule has 2 aromatic heterocycles. The van der Waals surface area contributed by atoms with E-state index in [1.165, 1.54) is 24.5 Å². The number of carboxylic acids is 1. The molecule has 1 saturated heterocycles. The molecular weight excluding hydrogens is 566 g/mol. The third-order valence-electron chi connectivity index (χ3n) is 9.23. The summed E-state index contributed by atoms with van der Waals surface area (Å²) in [6.07, 6.45) is 7.75. The molecule has 2 amide bonds. The van der Waals surface area contributed by atoms with Gasteiger partial charge in [0.1, 0.15) is 5.54 Å². The third-order valence-corrected chi connectivity index (χ3v) is 9.23. The molecule has 9 heteroatoms. The van der Waals surface area contributed by atoms with E-state index < -0.39 is 11.5 Å². The van der Waals surface area contributed by atoms with Gasteiger partial charge in [-0.05, 0) is 92.8 Å². The number of carbonyl (C=O) groups excluding carboxylic acids is 2. The van der Waals surface area contributed by atoms with E-state index in [0.29, 0.717) is 42.2 Å². The Kier molecular flexibility index (Phi) is 8.29. The Bertz CT molecular complexity index is 1800. The lowest BCUT2D eigenvalue weighted by Gasteiger charge is -2.29. The van der Waals surface area contributed by atoms with Crippen LogP contribution in [-0.2, 0) is 16.6 Å². The van der Waals surface area contributed by atoms with Crippen LogP contribution in [0.1, 0.15) is 65.2 Å². The average Bonchev–Trinajstić information content (AvgIpc) is 3.75. The number of hydrogen-bond acceptors (Lipinski definition) is 5. The molecule has 1 aliphatic carbocycles. The van der Waals surface area contributed by atoms with Crippen molar-refractivity contribution in [2.75, 3.05) is 25.5 Å². The van der Waals surface area contributed by atoms with E-state index in [1.54, 1.807) is 24.3 Å². The van der Waals surface area contributed by atoms with Crippen molar-refractivity contribution in [1.29, 1.82) is 0 Å². The lowest BCUT2D eigenvalue weighted by atomic mass is 9.92. The molecule has 0 radical (unpaired) electrons. The van der Waals surface area contributed by atoms with Crippen LogP contribution in [-0.4, -0.2) is 63.0 Å². The van der Waals surface area contributed by atoms with Gasteiger partial charge in [0.15, 0.2) is 0 Å². The highest BCUT2D eigenvalue weighted by atomic mass is 16.4. The molecule has 3 heterocycles. The minimum absolute atomic E-state index is 0.287. The highest BCUT2D eigenvalue weighted by molar-refractivity contribution is 6.06. The smallest absolute Gasteiger partial charge is 0.328 e. The Morgan fingerprint density at radius 1 is 1.02 bits per heavy atom. The summed E-state index contributed by atoms with van der Waals surface area (Å²) in [5.74, 6) is -1.16. The molecule has 2 aromatic carbocycles. The first kappa shape index (κ1) is 30.3. The number of rotatable bonds is 8. The van der Waals surface area contributed by atoms with Crippen molar-refractivity contribution in [3.05, 3.63) is 89.1 Å². The maximum Gasteiger partial charge on any atom is 0.328 e. The number of amides is 2. The maximum atomic E-state index is 13.9. The lowest BCUT2D eigenvalue weighted by Crippen LogP contribution is -2.58. The van der Waals surface area contributed by atoms with E-state index in [1.807, 2.05) is 50.2 Å². The number of carbonyl (C=O) groups is 3. The third kappa shape index (κ3) is 6.13. The second-order valence-corrected chi connectivity index (χ2v) is 12.5. The quantitative estimate of drug-likeness (QED) is 0.220. The second kappa shape index (κ2) is 12.3. The summed E-state index contributed by atoms with van der Waals surface area (Å²) in [6, 6.07) is 18.9. The largest absolute Gasteiger partial charge is 0.478 e. The number of anilines is 1. The van der Waals surface area contributed by atoms with Gasteiger partial charge in [-0.2, -0.15) is 0 Å². The summed E-state index contributed by atoms with van der Waals surface area (Å²) in [4.78, 5) is 45.3. The zero-order chi connectivity index (χ0) is 31.7. The van der Waals surface area contributed by atoms with Crippen LogP contribution in [0.2, 0.25) is 0 Å². The zero-order valence-electron chi connectivity index (χ0n) is 26.0. The number of hydrogen-bond donors (Lipinski definition) is 3. The van der Waals surface area contributed by atoms with Gasteiger partial charge in [0.2, 0.25) is 0 Å². The van der Waals surface area contributed by atoms with E-state index in [9.17, 15) is 14.4 Å². The van der Waals surface area contributed by atoms with Gasteiger partial charge in [0.05, 0.1) is 11.4 Å². The van der Waals surface area contributed by atoms with Crippen LogP contribution in [0.4, 0.5) is 5.69 Å². The van der Waals surface area contributed by atoms with Crippen molar-refractivity contribution in [2.45, 2.75) is 50.5 Å². The molecule has 6 rings (SSSR count). The average molecular weight is 606 g/mol. The molecule has 3 N–H and O–H groups in total. The Morgan fingerprint density at radius 2 is 1.78 bits per heavy atom. The van der Waals surface area contributed by atoms with E-state index in [4.69, 9.17) is 10.1 Å². The number of aromatic nitrogens is 2. The molecule has 1 saturated carbocycles. The first-order chi connectivity index (χ1) is 21.6. The molecule has 45 heavy (non-hydrogen) atoms. The van der Waals surface area contributed by atoms with Gasteiger partial charge in [-0.15, -0.1) is 0 Å². The fourth-order valence-electron chi connectivity index (χ4n) is 6.95. The first-order valence-corrected chi connectivity index (χ1v) is 15.5. The number of pyridine rings is 1. The summed E-state index contributed by atoms with van der Waals surface area (Å²) < 4.78 is 2.17. The molecule has 232 valence electrons. The minimum Gasteiger partial charge on any atom is -0.478 e. The van der Waals surface area contributed by atoms with Crippen molar-refractivity contribution in [2.24, 2.45) is 7.05 Å². The first-order valence-electron chi connectivity index (χ1n) is 15.5. The summed E-state index contributed by atoms with van der Waals surface area (Å²) in [5.41, 5.74) is 5.96. The van der Waals surface area contributed by atoms with Crippen molar-refractivity contribution in [1.82, 2.24) is 19.8 Å². The van der Waals surface area contributed by atoms with Crippen LogP contribution >= 0.6 is 0 Å². The minimum atomic E-state index is -1.11. The Hall–Kier alpha value is -4.76. The van der Waals surface area contributed by atoms with E-state index in [2.05, 4.69) is 27.3 Å². The van der Waals surface area contributed by atoms with E-state index >= 15 is 0 Å². The molecule has 4 aromatic rings. The summed E-state index contributed by atoms with van der Waals surface area (Å²) >= 11 is 0. The number of aryl methyl sites for hydroxylation is 2. The van der Waals surface area contributed by atoms with Gasteiger partial charge in [-0.3, -0.25) is 14.6 Å². The van der Waals surface area contributed by atoms with Gasteiger partial charge in [-0.1, -0.05) is 37.1 Å². The van der Waals surface area contributed by atoms with Gasteiger partial charge in [0.25, 0.3) is 11.8 Å². The van der Waals surface area contributed by atoms with Gasteiger partial charge in [0, 0.05) is 54.1 Å². The number of likely N-dealkylation sites (N-methyl/N-ethyl adjacent to an activating group) is 1. The van der Waals surface area contributed by atoms with Crippen LogP contribution in [0.25, 0.3) is 28.4 Å². The van der Waals surface area contributed by atoms with Crippen LogP contribution in [0.3, 0.4) is 0 Å². The highest BCUT2D eigenvalue weighted by Gasteiger charge is 2.45. The second-order valence-electron chi connectivity index (χ2n) is 12.5. The molecule has 0 spiro atoms. The zero-order valence-corrected chi connectivity index (χ0v) is 26.0. The number of carboxylic acid groups (broad SMARTS) is 1. The van der Waals surface area contributed by atoms with Gasteiger partial charge < -0.3 is 25.2 Å². The van der Waals surface area contributed by atoms with Crippen LogP contribution in [0, 0.1) is 6.92 Å². The number of nitrogens with one attached hydrogen (secondary N) is 2. The Balaban J connectivity index is 1.29.